The molecule has 6 rings (SSSR count). The first-order chi connectivity index (χ1) is 19.4. The topological polar surface area (TPSA) is 130 Å². The van der Waals surface area contributed by atoms with Crippen molar-refractivity contribution in [2.45, 2.75) is 13.8 Å². The fourth-order valence-electron chi connectivity index (χ4n) is 5.30. The molecule has 3 amide bonds. The first-order valence-corrected chi connectivity index (χ1v) is 13.2. The number of nitrogens with one attached hydrogen (secondary N) is 3. The summed E-state index contributed by atoms with van der Waals surface area (Å²) in [7, 11) is 0. The average Bonchev–Trinajstić information content (AvgIpc) is 3.31. The van der Waals surface area contributed by atoms with Crippen molar-refractivity contribution in [3.05, 3.63) is 83.9 Å². The fraction of sp³-hybridized carbons (Fsp3) is 0.200. The number of amides is 3. The zero-order valence-electron chi connectivity index (χ0n) is 22.4. The van der Waals surface area contributed by atoms with Crippen molar-refractivity contribution in [1.82, 2.24) is 24.6 Å². The van der Waals surface area contributed by atoms with Crippen LogP contribution < -0.4 is 21.7 Å². The largest absolute Gasteiger partial charge is 0.382 e. The number of aryl methyl sites for hydroxylation is 2. The van der Waals surface area contributed by atoms with Crippen LogP contribution in [0.4, 0.5) is 22.0 Å². The number of fused-ring (bicyclic) bond motifs is 2. The van der Waals surface area contributed by atoms with Gasteiger partial charge in [-0.2, -0.15) is 0 Å². The third-order valence-corrected chi connectivity index (χ3v) is 7.18. The van der Waals surface area contributed by atoms with E-state index in [9.17, 15) is 9.59 Å². The van der Waals surface area contributed by atoms with Gasteiger partial charge in [0.2, 0.25) is 0 Å². The maximum absolute atomic E-state index is 13.5. The smallest absolute Gasteiger partial charge is 0.323 e. The molecule has 3 heterocycles. The van der Waals surface area contributed by atoms with E-state index in [0.29, 0.717) is 47.2 Å². The first kappa shape index (κ1) is 25.3. The molecule has 0 aliphatic carbocycles. The zero-order valence-corrected chi connectivity index (χ0v) is 22.4. The molecule has 5 aromatic rings. The van der Waals surface area contributed by atoms with Crippen LogP contribution >= 0.6 is 0 Å². The summed E-state index contributed by atoms with van der Waals surface area (Å²) in [5, 5.41) is 10.9. The maximum Gasteiger partial charge on any atom is 0.323 e. The van der Waals surface area contributed by atoms with E-state index in [1.807, 2.05) is 79.4 Å². The third kappa shape index (κ3) is 4.58. The lowest BCUT2D eigenvalue weighted by Crippen LogP contribution is -2.46. The van der Waals surface area contributed by atoms with Crippen LogP contribution in [-0.2, 0) is 0 Å². The van der Waals surface area contributed by atoms with E-state index < -0.39 is 0 Å². The molecule has 0 unspecified atom stereocenters. The Morgan fingerprint density at radius 2 is 1.73 bits per heavy atom. The van der Waals surface area contributed by atoms with Crippen LogP contribution in [-0.4, -0.2) is 57.4 Å². The van der Waals surface area contributed by atoms with Crippen LogP contribution in [0.2, 0.25) is 0 Å². The Kier molecular flexibility index (Phi) is 6.53. The molecule has 5 N–H and O–H groups in total. The lowest BCUT2D eigenvalue weighted by Gasteiger charge is -2.27. The molecule has 1 aliphatic heterocycles. The van der Waals surface area contributed by atoms with Gasteiger partial charge < -0.3 is 26.6 Å². The molecule has 40 heavy (non-hydrogen) atoms. The highest BCUT2D eigenvalue weighted by Gasteiger charge is 2.25. The predicted octanol–water partition coefficient (Wildman–Crippen LogP) is 4.44. The van der Waals surface area contributed by atoms with E-state index in [4.69, 9.17) is 10.7 Å². The molecule has 1 saturated heterocycles. The van der Waals surface area contributed by atoms with Gasteiger partial charge in [0, 0.05) is 42.8 Å². The summed E-state index contributed by atoms with van der Waals surface area (Å²) >= 11 is 0. The normalized spacial score (nSPS) is 13.5. The number of urea groups is 1. The maximum atomic E-state index is 13.5. The number of aromatic nitrogens is 3. The van der Waals surface area contributed by atoms with E-state index >= 15 is 0 Å². The number of hydrogen-bond acceptors (Lipinski definition) is 6. The number of hydrogen-bond donors (Lipinski definition) is 4. The Morgan fingerprint density at radius 1 is 0.950 bits per heavy atom. The predicted molar refractivity (Wildman–Crippen MR) is 158 cm³/mol. The van der Waals surface area contributed by atoms with Crippen LogP contribution in [0.3, 0.4) is 0 Å². The van der Waals surface area contributed by atoms with Gasteiger partial charge in [-0.3, -0.25) is 9.20 Å². The van der Waals surface area contributed by atoms with Crippen molar-refractivity contribution < 1.29 is 9.59 Å². The number of rotatable bonds is 4. The molecule has 0 bridgehead atoms. The number of carbonyl (C=O) groups excluding carboxylic acids is 2. The molecule has 10 heteroatoms. The molecule has 3 aromatic carbocycles. The zero-order chi connectivity index (χ0) is 27.8. The van der Waals surface area contributed by atoms with Gasteiger partial charge in [0.25, 0.3) is 5.91 Å². The summed E-state index contributed by atoms with van der Waals surface area (Å²) in [6, 6.07) is 18.9. The minimum absolute atomic E-state index is 0.102. The molecule has 0 spiro atoms. The molecule has 1 fully saturated rings. The molecule has 1 aliphatic rings. The van der Waals surface area contributed by atoms with Crippen LogP contribution in [0.25, 0.3) is 27.5 Å². The highest BCUT2D eigenvalue weighted by Crippen LogP contribution is 2.37. The Bertz CT molecular complexity index is 1770. The van der Waals surface area contributed by atoms with Crippen molar-refractivity contribution in [3.63, 3.8) is 0 Å². The molecule has 202 valence electrons. The number of piperazine rings is 1. The summed E-state index contributed by atoms with van der Waals surface area (Å²) in [4.78, 5) is 37.4. The fourth-order valence-corrected chi connectivity index (χ4v) is 5.30. The van der Waals surface area contributed by atoms with Crippen LogP contribution in [0.15, 0.2) is 66.9 Å². The van der Waals surface area contributed by atoms with Gasteiger partial charge >= 0.3 is 6.03 Å². The number of nitrogens with zero attached hydrogens (tertiary/aromatic N) is 4. The summed E-state index contributed by atoms with van der Waals surface area (Å²) in [6.07, 6.45) is 1.53. The quantitative estimate of drug-likeness (QED) is 0.270. The van der Waals surface area contributed by atoms with Gasteiger partial charge in [0.05, 0.1) is 11.9 Å². The Hall–Kier alpha value is -4.96. The SMILES string of the molecule is Cc1cccc(NC(=O)Nc2ccc(-c3nc(C)n4c(C(=O)N5CCNCC5)cnc(N)c34)c3ccccc23)c1. The van der Waals surface area contributed by atoms with Crippen molar-refractivity contribution in [1.29, 1.82) is 0 Å². The van der Waals surface area contributed by atoms with Gasteiger partial charge in [-0.25, -0.2) is 14.8 Å². The van der Waals surface area contributed by atoms with E-state index in [2.05, 4.69) is 20.9 Å². The van der Waals surface area contributed by atoms with Crippen LogP contribution in [0.1, 0.15) is 21.9 Å². The van der Waals surface area contributed by atoms with E-state index in [-0.39, 0.29) is 17.8 Å². The molecule has 0 atom stereocenters. The van der Waals surface area contributed by atoms with Crippen LogP contribution in [0.5, 0.6) is 0 Å². The number of anilines is 3. The first-order valence-electron chi connectivity index (χ1n) is 13.2. The number of nitrogens with two attached hydrogens (primary N) is 1. The minimum atomic E-state index is -0.337. The van der Waals surface area contributed by atoms with Gasteiger partial charge in [0.1, 0.15) is 28.5 Å². The van der Waals surface area contributed by atoms with Gasteiger partial charge in [-0.05, 0) is 43.0 Å². The number of imidazole rings is 1. The van der Waals surface area contributed by atoms with Crippen molar-refractivity contribution in [3.8, 4) is 11.3 Å². The minimum Gasteiger partial charge on any atom is -0.382 e. The van der Waals surface area contributed by atoms with Crippen molar-refractivity contribution in [2.75, 3.05) is 42.5 Å². The van der Waals surface area contributed by atoms with Crippen molar-refractivity contribution in [2.24, 2.45) is 0 Å². The summed E-state index contributed by atoms with van der Waals surface area (Å²) in [6.45, 7) is 6.59. The second-order valence-corrected chi connectivity index (χ2v) is 9.92. The van der Waals surface area contributed by atoms with Gasteiger partial charge in [0.15, 0.2) is 0 Å². The lowest BCUT2D eigenvalue weighted by molar-refractivity contribution is 0.0727. The van der Waals surface area contributed by atoms with Crippen molar-refractivity contribution >= 4 is 45.4 Å². The number of nitrogen functional groups attached to an aromatic ring is 1. The van der Waals surface area contributed by atoms with Crippen LogP contribution in [0, 0.1) is 13.8 Å². The van der Waals surface area contributed by atoms with Gasteiger partial charge in [-0.1, -0.05) is 42.5 Å². The lowest BCUT2D eigenvalue weighted by atomic mass is 10.00. The standard InChI is InChI=1S/C30H30N8O2/c1-18-6-5-7-20(16-18)35-30(40)36-24-11-10-23(21-8-3-4-9-22(21)24)26-27-28(31)33-17-25(38(27)19(2)34-26)29(39)37-14-12-32-13-15-37/h3-11,16-17,32H,12-15H2,1-2H3,(H2,31,33)(H2,35,36,40). The second-order valence-electron chi connectivity index (χ2n) is 9.92. The Balaban J connectivity index is 1.41. The molecule has 10 nitrogen and oxygen atoms in total. The summed E-state index contributed by atoms with van der Waals surface area (Å²) < 4.78 is 1.80. The molecule has 0 radical (unpaired) electrons. The van der Waals surface area contributed by atoms with Gasteiger partial charge in [-0.15, -0.1) is 0 Å². The highest BCUT2D eigenvalue weighted by molar-refractivity contribution is 6.11. The monoisotopic (exact) mass is 534 g/mol. The molecule has 0 saturated carbocycles. The van der Waals surface area contributed by atoms with E-state index in [1.165, 1.54) is 6.20 Å². The number of benzene rings is 3. The molecular formula is C30H30N8O2. The second kappa shape index (κ2) is 10.3. The molecule has 2 aromatic heterocycles. The van der Waals surface area contributed by atoms with E-state index in [1.54, 1.807) is 4.40 Å². The highest BCUT2D eigenvalue weighted by atomic mass is 16.2. The average molecular weight is 535 g/mol. The number of carbonyl (C=O) groups is 2. The Labute approximate surface area is 231 Å². The summed E-state index contributed by atoms with van der Waals surface area (Å²) in [5.41, 5.74) is 11.3. The third-order valence-electron chi connectivity index (χ3n) is 7.18. The Morgan fingerprint density at radius 3 is 2.50 bits per heavy atom. The van der Waals surface area contributed by atoms with E-state index in [0.717, 1.165) is 35.0 Å². The summed E-state index contributed by atoms with van der Waals surface area (Å²) in [5.74, 6) is 0.827. The molecular weight excluding hydrogens is 504 g/mol.